The number of fused-ring (bicyclic) bond motifs is 1. The Kier molecular flexibility index (Phi) is 5.05. The van der Waals surface area contributed by atoms with Crippen LogP contribution in [-0.4, -0.2) is 36.9 Å². The zero-order valence-corrected chi connectivity index (χ0v) is 12.8. The van der Waals surface area contributed by atoms with Crippen LogP contribution in [0.1, 0.15) is 16.1 Å². The Labute approximate surface area is 134 Å². The van der Waals surface area contributed by atoms with E-state index in [4.69, 9.17) is 22.1 Å². The molecule has 0 aliphatic heterocycles. The van der Waals surface area contributed by atoms with Gasteiger partial charge < -0.3 is 20.8 Å². The molecule has 23 heavy (non-hydrogen) atoms. The highest BCUT2D eigenvalue weighted by Crippen LogP contribution is 2.33. The molecule has 0 fully saturated rings. The van der Waals surface area contributed by atoms with Gasteiger partial charge in [-0.3, -0.25) is 9.59 Å². The predicted molar refractivity (Wildman–Crippen MR) is 81.1 cm³/mol. The van der Waals surface area contributed by atoms with Gasteiger partial charge in [0.15, 0.2) is 0 Å². The van der Waals surface area contributed by atoms with E-state index in [2.05, 4.69) is 10.3 Å². The van der Waals surface area contributed by atoms with Crippen molar-refractivity contribution in [3.05, 3.63) is 28.4 Å². The average Bonchev–Trinajstić information content (AvgIpc) is 2.84. The quantitative estimate of drug-likeness (QED) is 0.745. The van der Waals surface area contributed by atoms with Crippen molar-refractivity contribution in [1.29, 1.82) is 0 Å². The van der Waals surface area contributed by atoms with Crippen molar-refractivity contribution in [3.63, 3.8) is 0 Å². The minimum absolute atomic E-state index is 0.0681. The van der Waals surface area contributed by atoms with Gasteiger partial charge in [0.1, 0.15) is 11.4 Å². The van der Waals surface area contributed by atoms with Crippen LogP contribution < -0.4 is 15.8 Å². The van der Waals surface area contributed by atoms with E-state index in [9.17, 15) is 18.4 Å². The molecule has 1 aromatic heterocycles. The molecular weight excluding hydrogens is 332 g/mol. The Morgan fingerprint density at radius 1 is 1.43 bits per heavy atom. The number of hydrogen-bond donors (Lipinski definition) is 3. The predicted octanol–water partition coefficient (Wildman–Crippen LogP) is 1.85. The van der Waals surface area contributed by atoms with Gasteiger partial charge in [-0.15, -0.1) is 0 Å². The highest BCUT2D eigenvalue weighted by molar-refractivity contribution is 6.32. The van der Waals surface area contributed by atoms with E-state index >= 15 is 0 Å². The van der Waals surface area contributed by atoms with Gasteiger partial charge in [-0.2, -0.15) is 8.78 Å². The van der Waals surface area contributed by atoms with E-state index in [0.717, 1.165) is 0 Å². The first kappa shape index (κ1) is 17.0. The molecule has 0 spiro atoms. The van der Waals surface area contributed by atoms with Crippen molar-refractivity contribution in [2.75, 3.05) is 13.7 Å². The van der Waals surface area contributed by atoms with Gasteiger partial charge in [-0.25, -0.2) is 0 Å². The summed E-state index contributed by atoms with van der Waals surface area (Å²) in [5.74, 6) is -1.68. The first-order valence-corrected chi connectivity index (χ1v) is 6.96. The number of aromatic amines is 1. The van der Waals surface area contributed by atoms with Gasteiger partial charge in [0, 0.05) is 17.4 Å². The second kappa shape index (κ2) is 6.82. The van der Waals surface area contributed by atoms with Gasteiger partial charge >= 0.3 is 6.43 Å². The number of aromatic nitrogens is 1. The molecule has 0 atom stereocenters. The number of carbonyl (C=O) groups excluding carboxylic acids is 2. The number of ether oxygens (including phenoxy) is 1. The van der Waals surface area contributed by atoms with Gasteiger partial charge in [-0.1, -0.05) is 11.6 Å². The number of methoxy groups -OCH3 is 1. The standard InChI is InChI=1S/C14H14ClF2N3O3/c1-23-10-4-7-6(2-3-19-14(22)12(16)17)11(13(18)21)20-9(7)5-8(10)15/h4-5,12,20H,2-3H2,1H3,(H2,18,21)(H,19,22). The Morgan fingerprint density at radius 2 is 2.13 bits per heavy atom. The molecule has 2 amide bonds. The van der Waals surface area contributed by atoms with Crippen LogP contribution in [0.4, 0.5) is 8.78 Å². The van der Waals surface area contributed by atoms with Crippen molar-refractivity contribution in [1.82, 2.24) is 10.3 Å². The normalized spacial score (nSPS) is 11.0. The first-order chi connectivity index (χ1) is 10.8. The Balaban J connectivity index is 2.37. The van der Waals surface area contributed by atoms with Crippen LogP contribution in [0, 0.1) is 0 Å². The van der Waals surface area contributed by atoms with Crippen LogP contribution >= 0.6 is 11.6 Å². The summed E-state index contributed by atoms with van der Waals surface area (Å²) in [7, 11) is 1.44. The van der Waals surface area contributed by atoms with E-state index in [0.29, 0.717) is 27.2 Å². The molecular formula is C14H14ClF2N3O3. The number of nitrogens with two attached hydrogens (primary N) is 1. The molecule has 6 nitrogen and oxygen atoms in total. The fourth-order valence-corrected chi connectivity index (χ4v) is 2.51. The minimum atomic E-state index is -3.09. The topological polar surface area (TPSA) is 97.2 Å². The van der Waals surface area contributed by atoms with Crippen LogP contribution in [0.5, 0.6) is 5.75 Å². The highest BCUT2D eigenvalue weighted by Gasteiger charge is 2.19. The number of alkyl halides is 2. The number of H-pyrrole nitrogens is 1. The van der Waals surface area contributed by atoms with Gasteiger partial charge in [0.05, 0.1) is 12.1 Å². The third-order valence-corrected chi connectivity index (χ3v) is 3.59. The van der Waals surface area contributed by atoms with Crippen LogP contribution in [0.25, 0.3) is 10.9 Å². The molecule has 124 valence electrons. The molecule has 1 aromatic carbocycles. The third kappa shape index (κ3) is 3.53. The lowest BCUT2D eigenvalue weighted by Gasteiger charge is -2.06. The maximum atomic E-state index is 12.2. The lowest BCUT2D eigenvalue weighted by atomic mass is 10.1. The van der Waals surface area contributed by atoms with E-state index in [-0.39, 0.29) is 18.7 Å². The molecule has 1 heterocycles. The number of carbonyl (C=O) groups is 2. The molecule has 0 unspecified atom stereocenters. The number of primary amides is 1. The number of benzene rings is 1. The van der Waals surface area contributed by atoms with Crippen molar-refractivity contribution in [2.45, 2.75) is 12.8 Å². The van der Waals surface area contributed by atoms with E-state index < -0.39 is 18.2 Å². The SMILES string of the molecule is COc1cc2c(CCNC(=O)C(F)F)c(C(N)=O)[nH]c2cc1Cl. The van der Waals surface area contributed by atoms with Crippen molar-refractivity contribution in [3.8, 4) is 5.75 Å². The van der Waals surface area contributed by atoms with Crippen LogP contribution in [0.2, 0.25) is 5.02 Å². The Bertz CT molecular complexity index is 761. The molecule has 0 saturated carbocycles. The molecule has 4 N–H and O–H groups in total. The van der Waals surface area contributed by atoms with Gasteiger partial charge in [0.25, 0.3) is 11.8 Å². The molecule has 0 radical (unpaired) electrons. The second-order valence-corrected chi connectivity index (χ2v) is 5.12. The second-order valence-electron chi connectivity index (χ2n) is 4.72. The Hall–Kier alpha value is -2.35. The fraction of sp³-hybridized carbons (Fsp3) is 0.286. The number of hydrogen-bond acceptors (Lipinski definition) is 3. The minimum Gasteiger partial charge on any atom is -0.495 e. The molecule has 2 aromatic rings. The molecule has 2 rings (SSSR count). The van der Waals surface area contributed by atoms with Crippen LogP contribution in [0.3, 0.4) is 0 Å². The fourth-order valence-electron chi connectivity index (χ4n) is 2.27. The summed E-state index contributed by atoms with van der Waals surface area (Å²) in [5, 5.41) is 3.04. The number of rotatable bonds is 6. The lowest BCUT2D eigenvalue weighted by molar-refractivity contribution is -0.131. The molecule has 0 aliphatic carbocycles. The van der Waals surface area contributed by atoms with Gasteiger partial charge in [-0.05, 0) is 24.1 Å². The summed E-state index contributed by atoms with van der Waals surface area (Å²) < 4.78 is 29.5. The number of nitrogens with one attached hydrogen (secondary N) is 2. The Morgan fingerprint density at radius 3 is 2.70 bits per heavy atom. The van der Waals surface area contributed by atoms with E-state index in [1.165, 1.54) is 7.11 Å². The third-order valence-electron chi connectivity index (χ3n) is 3.30. The molecule has 9 heteroatoms. The molecule has 0 saturated heterocycles. The maximum Gasteiger partial charge on any atom is 0.315 e. The summed E-state index contributed by atoms with van der Waals surface area (Å²) in [4.78, 5) is 25.3. The largest absolute Gasteiger partial charge is 0.495 e. The van der Waals surface area contributed by atoms with Crippen molar-refractivity contribution < 1.29 is 23.1 Å². The average molecular weight is 346 g/mol. The molecule has 0 bridgehead atoms. The zero-order chi connectivity index (χ0) is 17.1. The summed E-state index contributed by atoms with van der Waals surface area (Å²) in [6.45, 7) is -0.0681. The summed E-state index contributed by atoms with van der Waals surface area (Å²) in [5.41, 5.74) is 6.51. The lowest BCUT2D eigenvalue weighted by Crippen LogP contribution is -2.31. The summed E-state index contributed by atoms with van der Waals surface area (Å²) in [6.07, 6.45) is -2.95. The highest BCUT2D eigenvalue weighted by atomic mass is 35.5. The first-order valence-electron chi connectivity index (χ1n) is 6.59. The van der Waals surface area contributed by atoms with Crippen LogP contribution in [-0.2, 0) is 11.2 Å². The van der Waals surface area contributed by atoms with E-state index in [1.54, 1.807) is 12.1 Å². The van der Waals surface area contributed by atoms with Gasteiger partial charge in [0.2, 0.25) is 0 Å². The van der Waals surface area contributed by atoms with Crippen molar-refractivity contribution >= 4 is 34.3 Å². The smallest absolute Gasteiger partial charge is 0.315 e. The molecule has 0 aliphatic rings. The van der Waals surface area contributed by atoms with Crippen LogP contribution in [0.15, 0.2) is 12.1 Å². The zero-order valence-electron chi connectivity index (χ0n) is 12.1. The van der Waals surface area contributed by atoms with Crippen molar-refractivity contribution in [2.24, 2.45) is 5.73 Å². The summed E-state index contributed by atoms with van der Waals surface area (Å²) in [6, 6.07) is 3.19. The number of amides is 2. The monoisotopic (exact) mass is 345 g/mol. The maximum absolute atomic E-state index is 12.2. The number of halogens is 3. The summed E-state index contributed by atoms with van der Waals surface area (Å²) >= 11 is 6.02. The van der Waals surface area contributed by atoms with E-state index in [1.807, 2.05) is 0 Å².